The van der Waals surface area contributed by atoms with Crippen molar-refractivity contribution in [2.24, 2.45) is 0 Å². The lowest BCUT2D eigenvalue weighted by Gasteiger charge is -2.10. The Labute approximate surface area is 198 Å². The number of nitriles is 2. The first-order valence-electron chi connectivity index (χ1n) is 10.1. The van der Waals surface area contributed by atoms with Crippen molar-refractivity contribution in [3.8, 4) is 34.9 Å². The molecule has 6 nitrogen and oxygen atoms in total. The highest BCUT2D eigenvalue weighted by atomic mass is 32.1. The maximum atomic E-state index is 14.4. The maximum Gasteiger partial charge on any atom is 0.242 e. The molecule has 2 aromatic heterocycles. The Morgan fingerprint density at radius 2 is 1.59 bits per heavy atom. The average Bonchev–Trinajstić information content (AvgIpc) is 3.34. The molecule has 0 radical (unpaired) electrons. The molecule has 34 heavy (non-hydrogen) atoms. The van der Waals surface area contributed by atoms with E-state index in [1.54, 1.807) is 60.7 Å². The number of benzene rings is 3. The van der Waals surface area contributed by atoms with Crippen LogP contribution >= 0.6 is 11.3 Å². The molecule has 2 heterocycles. The van der Waals surface area contributed by atoms with Crippen molar-refractivity contribution in [3.05, 3.63) is 95.1 Å². The van der Waals surface area contributed by atoms with Crippen molar-refractivity contribution in [2.75, 3.05) is 5.32 Å². The van der Waals surface area contributed by atoms with Gasteiger partial charge in [0.15, 0.2) is 0 Å². The molecule has 0 aliphatic heterocycles. The zero-order valence-corrected chi connectivity index (χ0v) is 18.3. The van der Waals surface area contributed by atoms with Gasteiger partial charge in [-0.25, -0.2) is 9.37 Å². The molecule has 8 heteroatoms. The number of thiophene rings is 1. The molecule has 5 aromatic rings. The zero-order valence-electron chi connectivity index (χ0n) is 17.5. The van der Waals surface area contributed by atoms with Crippen molar-refractivity contribution >= 4 is 33.2 Å². The van der Waals surface area contributed by atoms with E-state index < -0.39 is 5.82 Å². The summed E-state index contributed by atoms with van der Waals surface area (Å²) in [6.07, 6.45) is 0. The van der Waals surface area contributed by atoms with Gasteiger partial charge in [-0.2, -0.15) is 15.5 Å². The number of fused-ring (bicyclic) bond motifs is 1. The standard InChI is InChI=1S/C26H14FN5OS/c27-22-13-17(15-29)3-10-21(22)18-4-8-20(9-5-18)33-25-24-23(11-12-34-24)31-26(32-25)30-19-6-1-16(14-28)2-7-19/h1-13H,(H,30,31,32). The Morgan fingerprint density at radius 1 is 0.853 bits per heavy atom. The number of aromatic nitrogens is 2. The molecule has 0 saturated heterocycles. The molecule has 0 fully saturated rings. The molecule has 162 valence electrons. The summed E-state index contributed by atoms with van der Waals surface area (Å²) in [5, 5.41) is 22.9. The van der Waals surface area contributed by atoms with Crippen LogP contribution in [0.1, 0.15) is 11.1 Å². The Bertz CT molecular complexity index is 1580. The van der Waals surface area contributed by atoms with Crippen LogP contribution in [0.25, 0.3) is 21.3 Å². The van der Waals surface area contributed by atoms with Gasteiger partial charge in [-0.1, -0.05) is 18.2 Å². The van der Waals surface area contributed by atoms with E-state index in [-0.39, 0.29) is 5.56 Å². The number of halogens is 1. The monoisotopic (exact) mass is 463 g/mol. The average molecular weight is 463 g/mol. The summed E-state index contributed by atoms with van der Waals surface area (Å²) in [7, 11) is 0. The molecule has 0 spiro atoms. The summed E-state index contributed by atoms with van der Waals surface area (Å²) in [6.45, 7) is 0. The molecule has 3 aromatic carbocycles. The van der Waals surface area contributed by atoms with E-state index in [1.807, 2.05) is 17.5 Å². The summed E-state index contributed by atoms with van der Waals surface area (Å²) in [4.78, 5) is 9.06. The summed E-state index contributed by atoms with van der Waals surface area (Å²) < 4.78 is 21.2. The van der Waals surface area contributed by atoms with Gasteiger partial charge in [0.05, 0.1) is 28.8 Å². The summed E-state index contributed by atoms with van der Waals surface area (Å²) >= 11 is 1.47. The van der Waals surface area contributed by atoms with Crippen LogP contribution in [0.4, 0.5) is 16.0 Å². The molecule has 0 aliphatic carbocycles. The summed E-state index contributed by atoms with van der Waals surface area (Å²) in [5.74, 6) is 0.841. The number of anilines is 2. The second-order valence-corrected chi connectivity index (χ2v) is 8.15. The van der Waals surface area contributed by atoms with Crippen molar-refractivity contribution in [2.45, 2.75) is 0 Å². The van der Waals surface area contributed by atoms with E-state index in [1.165, 1.54) is 17.4 Å². The first kappa shape index (κ1) is 21.1. The minimum Gasteiger partial charge on any atom is -0.437 e. The van der Waals surface area contributed by atoms with E-state index in [2.05, 4.69) is 21.4 Å². The molecule has 1 N–H and O–H groups in total. The van der Waals surface area contributed by atoms with E-state index in [9.17, 15) is 4.39 Å². The number of hydrogen-bond acceptors (Lipinski definition) is 7. The highest BCUT2D eigenvalue weighted by molar-refractivity contribution is 7.17. The fourth-order valence-corrected chi connectivity index (χ4v) is 4.11. The van der Waals surface area contributed by atoms with Gasteiger partial charge in [-0.3, -0.25) is 0 Å². The largest absolute Gasteiger partial charge is 0.437 e. The predicted molar refractivity (Wildman–Crippen MR) is 128 cm³/mol. The lowest BCUT2D eigenvalue weighted by Crippen LogP contribution is -1.99. The summed E-state index contributed by atoms with van der Waals surface area (Å²) in [6, 6.07) is 24.2. The van der Waals surface area contributed by atoms with E-state index in [4.69, 9.17) is 15.3 Å². The third kappa shape index (κ3) is 4.26. The number of nitrogens with one attached hydrogen (secondary N) is 1. The molecule has 0 atom stereocenters. The first-order chi connectivity index (χ1) is 16.6. The van der Waals surface area contributed by atoms with Crippen LogP contribution < -0.4 is 10.1 Å². The van der Waals surface area contributed by atoms with E-state index in [0.717, 1.165) is 15.9 Å². The maximum absolute atomic E-state index is 14.4. The molecule has 0 unspecified atom stereocenters. The SMILES string of the molecule is N#Cc1ccc(Nc2nc(Oc3ccc(-c4ccc(C#N)cc4F)cc3)c3sccc3n2)cc1. The van der Waals surface area contributed by atoms with Gasteiger partial charge in [0.1, 0.15) is 16.3 Å². The predicted octanol–water partition coefficient (Wildman–Crippen LogP) is 6.78. The normalized spacial score (nSPS) is 10.4. The van der Waals surface area contributed by atoms with Crippen molar-refractivity contribution in [1.29, 1.82) is 10.5 Å². The van der Waals surface area contributed by atoms with Crippen molar-refractivity contribution in [3.63, 3.8) is 0 Å². The molecule has 0 aliphatic rings. The molecule has 0 bridgehead atoms. The smallest absolute Gasteiger partial charge is 0.242 e. The second-order valence-electron chi connectivity index (χ2n) is 7.23. The molecular formula is C26H14FN5OS. The van der Waals surface area contributed by atoms with Crippen LogP contribution in [0.2, 0.25) is 0 Å². The van der Waals surface area contributed by atoms with E-state index >= 15 is 0 Å². The summed E-state index contributed by atoms with van der Waals surface area (Å²) in [5.41, 5.74) is 3.39. The molecule has 0 saturated carbocycles. The second kappa shape index (κ2) is 8.99. The van der Waals surface area contributed by atoms with Crippen LogP contribution in [0, 0.1) is 28.5 Å². The fourth-order valence-electron chi connectivity index (χ4n) is 3.35. The Kier molecular flexibility index (Phi) is 5.57. The Hall–Kier alpha value is -4.79. The molecular weight excluding hydrogens is 449 g/mol. The highest BCUT2D eigenvalue weighted by Gasteiger charge is 2.13. The number of ether oxygens (including phenoxy) is 1. The van der Waals surface area contributed by atoms with Crippen LogP contribution in [-0.2, 0) is 0 Å². The Balaban J connectivity index is 1.41. The molecule has 5 rings (SSSR count). The van der Waals surface area contributed by atoms with Gasteiger partial charge in [-0.15, -0.1) is 11.3 Å². The lowest BCUT2D eigenvalue weighted by atomic mass is 10.0. The fraction of sp³-hybridized carbons (Fsp3) is 0. The van der Waals surface area contributed by atoms with Gasteiger partial charge in [0, 0.05) is 11.3 Å². The van der Waals surface area contributed by atoms with Crippen LogP contribution in [0.5, 0.6) is 11.6 Å². The number of rotatable bonds is 5. The number of hydrogen-bond donors (Lipinski definition) is 1. The lowest BCUT2D eigenvalue weighted by molar-refractivity contribution is 0.470. The quantitative estimate of drug-likeness (QED) is 0.309. The van der Waals surface area contributed by atoms with Crippen LogP contribution in [0.15, 0.2) is 78.2 Å². The van der Waals surface area contributed by atoms with Gasteiger partial charge in [-0.05, 0) is 65.5 Å². The third-order valence-electron chi connectivity index (χ3n) is 5.02. The van der Waals surface area contributed by atoms with Gasteiger partial charge in [0.2, 0.25) is 11.8 Å². The van der Waals surface area contributed by atoms with Crippen molar-refractivity contribution in [1.82, 2.24) is 9.97 Å². The van der Waals surface area contributed by atoms with Crippen LogP contribution in [-0.4, -0.2) is 9.97 Å². The van der Waals surface area contributed by atoms with Crippen molar-refractivity contribution < 1.29 is 9.13 Å². The zero-order chi connectivity index (χ0) is 23.5. The van der Waals surface area contributed by atoms with Gasteiger partial charge in [0.25, 0.3) is 0 Å². The van der Waals surface area contributed by atoms with Crippen LogP contribution in [0.3, 0.4) is 0 Å². The minimum atomic E-state index is -0.456. The number of nitrogens with zero attached hydrogens (tertiary/aromatic N) is 4. The topological polar surface area (TPSA) is 94.6 Å². The Morgan fingerprint density at radius 3 is 2.29 bits per heavy atom. The van der Waals surface area contributed by atoms with E-state index in [0.29, 0.717) is 34.3 Å². The van der Waals surface area contributed by atoms with Gasteiger partial charge < -0.3 is 10.1 Å². The first-order valence-corrected chi connectivity index (χ1v) is 11.0. The van der Waals surface area contributed by atoms with Gasteiger partial charge >= 0.3 is 0 Å². The molecule has 0 amide bonds. The minimum absolute atomic E-state index is 0.273. The third-order valence-corrected chi connectivity index (χ3v) is 5.91. The highest BCUT2D eigenvalue weighted by Crippen LogP contribution is 2.34.